The first-order chi connectivity index (χ1) is 8.58. The van der Waals surface area contributed by atoms with Crippen molar-refractivity contribution in [3.63, 3.8) is 0 Å². The predicted octanol–water partition coefficient (Wildman–Crippen LogP) is 2.71. The summed E-state index contributed by atoms with van der Waals surface area (Å²) >= 11 is 6.47. The Bertz CT molecular complexity index is 593. The number of benzene rings is 1. The van der Waals surface area contributed by atoms with Gasteiger partial charge in [-0.3, -0.25) is 0 Å². The van der Waals surface area contributed by atoms with E-state index in [0.717, 1.165) is 17.7 Å². The van der Waals surface area contributed by atoms with Gasteiger partial charge in [0.25, 0.3) is 0 Å². The fourth-order valence-corrected chi connectivity index (χ4v) is 1.94. The molecule has 1 aromatic heterocycles. The lowest BCUT2D eigenvalue weighted by molar-refractivity contribution is 0.0671. The first kappa shape index (κ1) is 12.5. The minimum atomic E-state index is -1.22. The largest absolute Gasteiger partial charge is 0.478 e. The van der Waals surface area contributed by atoms with E-state index in [9.17, 15) is 9.59 Å². The highest BCUT2D eigenvalue weighted by atomic mass is 35.5. The van der Waals surface area contributed by atoms with Gasteiger partial charge in [-0.05, 0) is 35.8 Å². The highest BCUT2D eigenvalue weighted by Gasteiger charge is 2.21. The molecule has 7 heteroatoms. The Morgan fingerprint density at radius 3 is 2.56 bits per heavy atom. The summed E-state index contributed by atoms with van der Waals surface area (Å²) in [5, 5.41) is 9.36. The molecule has 0 fully saturated rings. The zero-order valence-corrected chi connectivity index (χ0v) is 10.4. The average Bonchev–Trinajstić information content (AvgIpc) is 2.81. The summed E-state index contributed by atoms with van der Waals surface area (Å²) in [6.07, 6.45) is 1.12. The van der Waals surface area contributed by atoms with Crippen LogP contribution in [0.2, 0.25) is 5.02 Å². The van der Waals surface area contributed by atoms with E-state index in [-0.39, 0.29) is 16.2 Å². The van der Waals surface area contributed by atoms with E-state index in [4.69, 9.17) is 21.4 Å². The van der Waals surface area contributed by atoms with Gasteiger partial charge in [0.05, 0.1) is 6.20 Å². The van der Waals surface area contributed by atoms with E-state index in [1.807, 2.05) is 0 Å². The maximum Gasteiger partial charge on any atom is 0.356 e. The van der Waals surface area contributed by atoms with E-state index < -0.39 is 11.9 Å². The van der Waals surface area contributed by atoms with Gasteiger partial charge < -0.3 is 9.84 Å². The molecule has 1 heterocycles. The molecular formula is C11H6ClNO4S. The van der Waals surface area contributed by atoms with Crippen molar-refractivity contribution in [3.8, 4) is 5.75 Å². The zero-order valence-electron chi connectivity index (χ0n) is 8.79. The Morgan fingerprint density at radius 1 is 1.28 bits per heavy atom. The van der Waals surface area contributed by atoms with E-state index in [1.54, 1.807) is 12.1 Å². The Hall–Kier alpha value is -1.92. The number of rotatable bonds is 3. The number of carboxylic acids is 1. The van der Waals surface area contributed by atoms with Crippen molar-refractivity contribution >= 4 is 35.1 Å². The van der Waals surface area contributed by atoms with Crippen molar-refractivity contribution in [1.82, 2.24) is 4.37 Å². The Morgan fingerprint density at radius 2 is 1.94 bits per heavy atom. The summed E-state index contributed by atoms with van der Waals surface area (Å²) in [7, 11) is 0. The molecule has 2 rings (SSSR count). The van der Waals surface area contributed by atoms with Gasteiger partial charge in [-0.2, -0.15) is 4.37 Å². The summed E-state index contributed by atoms with van der Waals surface area (Å²) < 4.78 is 8.67. The van der Waals surface area contributed by atoms with Crippen molar-refractivity contribution < 1.29 is 19.4 Å². The summed E-state index contributed by atoms with van der Waals surface area (Å²) in [5.74, 6) is -1.68. The first-order valence-electron chi connectivity index (χ1n) is 4.73. The summed E-state index contributed by atoms with van der Waals surface area (Å²) in [6, 6.07) is 6.16. The van der Waals surface area contributed by atoms with Gasteiger partial charge in [0, 0.05) is 5.02 Å². The maximum atomic E-state index is 11.7. The molecule has 0 saturated carbocycles. The summed E-state index contributed by atoms with van der Waals surface area (Å²) in [4.78, 5) is 22.5. The molecule has 0 aliphatic heterocycles. The van der Waals surface area contributed by atoms with Crippen molar-refractivity contribution in [1.29, 1.82) is 0 Å². The molecule has 0 aliphatic carbocycles. The number of nitrogens with zero attached hydrogens (tertiary/aromatic N) is 1. The Kier molecular flexibility index (Phi) is 3.59. The van der Waals surface area contributed by atoms with E-state index in [0.29, 0.717) is 5.02 Å². The van der Waals surface area contributed by atoms with E-state index in [2.05, 4.69) is 4.37 Å². The number of carbonyl (C=O) groups is 2. The third kappa shape index (κ3) is 2.66. The van der Waals surface area contributed by atoms with Crippen LogP contribution in [0.4, 0.5) is 0 Å². The van der Waals surface area contributed by atoms with Crippen LogP contribution in [0.25, 0.3) is 0 Å². The number of halogens is 1. The first-order valence-corrected chi connectivity index (χ1v) is 5.89. The minimum Gasteiger partial charge on any atom is -0.478 e. The molecule has 2 aromatic rings. The lowest BCUT2D eigenvalue weighted by Crippen LogP contribution is -2.11. The second kappa shape index (κ2) is 5.16. The number of carbonyl (C=O) groups excluding carboxylic acids is 1. The molecule has 92 valence electrons. The SMILES string of the molecule is O=C(O)c1cnsc1C(=O)Oc1ccc(Cl)cc1. The average molecular weight is 284 g/mol. The molecule has 0 radical (unpaired) electrons. The molecule has 1 N–H and O–H groups in total. The van der Waals surface area contributed by atoms with Gasteiger partial charge in [0.15, 0.2) is 0 Å². The van der Waals surface area contributed by atoms with Crippen molar-refractivity contribution in [2.45, 2.75) is 0 Å². The molecule has 5 nitrogen and oxygen atoms in total. The normalized spacial score (nSPS) is 10.1. The number of hydrogen-bond acceptors (Lipinski definition) is 5. The Balaban J connectivity index is 2.19. The van der Waals surface area contributed by atoms with Crippen LogP contribution in [0.15, 0.2) is 30.5 Å². The highest BCUT2D eigenvalue weighted by Crippen LogP contribution is 2.20. The van der Waals surface area contributed by atoms with E-state index in [1.165, 1.54) is 12.1 Å². The van der Waals surface area contributed by atoms with Gasteiger partial charge >= 0.3 is 11.9 Å². The number of carboxylic acid groups (broad SMARTS) is 1. The standard InChI is InChI=1S/C11H6ClNO4S/c12-6-1-3-7(4-2-6)17-11(16)9-8(10(14)15)5-13-18-9/h1-5H,(H,14,15). The number of aromatic carboxylic acids is 1. The fraction of sp³-hybridized carbons (Fsp3) is 0. The van der Waals surface area contributed by atoms with Gasteiger partial charge in [0.1, 0.15) is 16.2 Å². The molecule has 0 aliphatic rings. The number of ether oxygens (including phenoxy) is 1. The number of aromatic nitrogens is 1. The van der Waals surface area contributed by atoms with Crippen LogP contribution in [0, 0.1) is 0 Å². The van der Waals surface area contributed by atoms with Crippen LogP contribution in [0.3, 0.4) is 0 Å². The van der Waals surface area contributed by atoms with Crippen LogP contribution < -0.4 is 4.74 Å². The van der Waals surface area contributed by atoms with Crippen molar-refractivity contribution in [2.75, 3.05) is 0 Å². The van der Waals surface area contributed by atoms with Crippen molar-refractivity contribution in [3.05, 3.63) is 45.9 Å². The van der Waals surface area contributed by atoms with Crippen LogP contribution in [-0.4, -0.2) is 21.4 Å². The molecule has 0 bridgehead atoms. The molecule has 0 amide bonds. The minimum absolute atomic E-state index is 0.0440. The maximum absolute atomic E-state index is 11.7. The molecule has 1 aromatic carbocycles. The number of hydrogen-bond donors (Lipinski definition) is 1. The van der Waals surface area contributed by atoms with Crippen molar-refractivity contribution in [2.24, 2.45) is 0 Å². The van der Waals surface area contributed by atoms with Crippen LogP contribution in [0.5, 0.6) is 5.75 Å². The second-order valence-corrected chi connectivity index (χ2v) is 4.46. The third-order valence-electron chi connectivity index (χ3n) is 2.01. The van der Waals surface area contributed by atoms with Gasteiger partial charge in [0.2, 0.25) is 0 Å². The van der Waals surface area contributed by atoms with Crippen LogP contribution >= 0.6 is 23.1 Å². The smallest absolute Gasteiger partial charge is 0.356 e. The highest BCUT2D eigenvalue weighted by molar-refractivity contribution is 7.08. The lowest BCUT2D eigenvalue weighted by atomic mass is 10.3. The lowest BCUT2D eigenvalue weighted by Gasteiger charge is -2.02. The third-order valence-corrected chi connectivity index (χ3v) is 3.04. The molecule has 0 saturated heterocycles. The van der Waals surface area contributed by atoms with E-state index >= 15 is 0 Å². The van der Waals surface area contributed by atoms with Crippen LogP contribution in [0.1, 0.15) is 20.0 Å². The zero-order chi connectivity index (χ0) is 13.1. The monoisotopic (exact) mass is 283 g/mol. The molecule has 18 heavy (non-hydrogen) atoms. The molecule has 0 spiro atoms. The topological polar surface area (TPSA) is 76.5 Å². The quantitative estimate of drug-likeness (QED) is 0.692. The Labute approximate surface area is 111 Å². The van der Waals surface area contributed by atoms with Gasteiger partial charge in [-0.15, -0.1) is 0 Å². The summed E-state index contributed by atoms with van der Waals surface area (Å²) in [5.41, 5.74) is -0.168. The summed E-state index contributed by atoms with van der Waals surface area (Å²) in [6.45, 7) is 0. The molecule has 0 unspecified atom stereocenters. The van der Waals surface area contributed by atoms with Gasteiger partial charge in [-0.1, -0.05) is 11.6 Å². The number of esters is 1. The fourth-order valence-electron chi connectivity index (χ4n) is 1.20. The van der Waals surface area contributed by atoms with Gasteiger partial charge in [-0.25, -0.2) is 9.59 Å². The second-order valence-electron chi connectivity index (χ2n) is 3.22. The van der Waals surface area contributed by atoms with Crippen LogP contribution in [-0.2, 0) is 0 Å². The molecule has 0 atom stereocenters. The molecular weight excluding hydrogens is 278 g/mol. The predicted molar refractivity (Wildman–Crippen MR) is 65.5 cm³/mol.